The predicted octanol–water partition coefficient (Wildman–Crippen LogP) is 0.253. The van der Waals surface area contributed by atoms with Crippen molar-refractivity contribution in [1.29, 1.82) is 0 Å². The van der Waals surface area contributed by atoms with Crippen LogP contribution in [0.3, 0.4) is 0 Å². The highest BCUT2D eigenvalue weighted by molar-refractivity contribution is 5.78. The Morgan fingerprint density at radius 2 is 2.31 bits per heavy atom. The zero-order chi connectivity index (χ0) is 9.90. The summed E-state index contributed by atoms with van der Waals surface area (Å²) < 4.78 is 4.48. The Morgan fingerprint density at radius 3 is 2.77 bits per heavy atom. The van der Waals surface area contributed by atoms with E-state index in [1.807, 2.05) is 12.2 Å². The number of aliphatic hydroxyl groups is 1. The first kappa shape index (κ1) is 9.80. The van der Waals surface area contributed by atoms with E-state index in [1.54, 1.807) is 12.3 Å². The summed E-state index contributed by atoms with van der Waals surface area (Å²) in [7, 11) is 1.25. The van der Waals surface area contributed by atoms with Gasteiger partial charge in [0.05, 0.1) is 7.11 Å². The molecule has 72 valence electrons. The molecule has 0 saturated heterocycles. The van der Waals surface area contributed by atoms with Crippen LogP contribution in [0.25, 0.3) is 0 Å². The standard InChI is InChI=1S/C9H13NO3/c1-9(12,8(11)13-2)10-6-4-3-5-7-10/h3-6,12H,7H2,1-2H3. The van der Waals surface area contributed by atoms with Crippen LogP contribution in [0.4, 0.5) is 0 Å². The lowest BCUT2D eigenvalue weighted by Crippen LogP contribution is -2.50. The smallest absolute Gasteiger partial charge is 0.359 e. The van der Waals surface area contributed by atoms with Gasteiger partial charge in [-0.2, -0.15) is 0 Å². The monoisotopic (exact) mass is 183 g/mol. The molecule has 0 aromatic rings. The molecule has 0 bridgehead atoms. The lowest BCUT2D eigenvalue weighted by atomic mass is 10.2. The average molecular weight is 183 g/mol. The lowest BCUT2D eigenvalue weighted by Gasteiger charge is -2.33. The van der Waals surface area contributed by atoms with Gasteiger partial charge in [0.25, 0.3) is 0 Å². The number of esters is 1. The summed E-state index contributed by atoms with van der Waals surface area (Å²) in [4.78, 5) is 12.7. The molecular weight excluding hydrogens is 170 g/mol. The highest BCUT2D eigenvalue weighted by Gasteiger charge is 2.36. The maximum Gasteiger partial charge on any atom is 0.359 e. The van der Waals surface area contributed by atoms with Crippen molar-refractivity contribution in [1.82, 2.24) is 4.90 Å². The first-order chi connectivity index (χ1) is 6.09. The van der Waals surface area contributed by atoms with E-state index in [-0.39, 0.29) is 0 Å². The molecule has 0 radical (unpaired) electrons. The highest BCUT2D eigenvalue weighted by atomic mass is 16.5. The first-order valence-corrected chi connectivity index (χ1v) is 4.00. The van der Waals surface area contributed by atoms with Gasteiger partial charge in [0.15, 0.2) is 0 Å². The van der Waals surface area contributed by atoms with Gasteiger partial charge in [-0.3, -0.25) is 0 Å². The average Bonchev–Trinajstić information content (AvgIpc) is 2.18. The van der Waals surface area contributed by atoms with Crippen LogP contribution in [0, 0.1) is 0 Å². The van der Waals surface area contributed by atoms with E-state index >= 15 is 0 Å². The van der Waals surface area contributed by atoms with Crippen LogP contribution >= 0.6 is 0 Å². The fraction of sp³-hybridized carbons (Fsp3) is 0.444. The predicted molar refractivity (Wildman–Crippen MR) is 47.6 cm³/mol. The van der Waals surface area contributed by atoms with Crippen molar-refractivity contribution in [2.75, 3.05) is 13.7 Å². The van der Waals surface area contributed by atoms with Crippen LogP contribution in [0.1, 0.15) is 6.92 Å². The second-order valence-electron chi connectivity index (χ2n) is 2.93. The van der Waals surface area contributed by atoms with Crippen molar-refractivity contribution in [3.05, 3.63) is 24.4 Å². The maximum atomic E-state index is 11.2. The third kappa shape index (κ3) is 1.89. The van der Waals surface area contributed by atoms with Crippen molar-refractivity contribution in [2.24, 2.45) is 0 Å². The zero-order valence-corrected chi connectivity index (χ0v) is 7.73. The van der Waals surface area contributed by atoms with E-state index in [9.17, 15) is 9.90 Å². The number of ether oxygens (including phenoxy) is 1. The van der Waals surface area contributed by atoms with Gasteiger partial charge in [0.2, 0.25) is 5.72 Å². The molecule has 0 spiro atoms. The number of rotatable bonds is 2. The number of carbonyl (C=O) groups is 1. The van der Waals surface area contributed by atoms with Crippen LogP contribution < -0.4 is 0 Å². The first-order valence-electron chi connectivity index (χ1n) is 4.00. The minimum absolute atomic E-state index is 0.499. The molecule has 1 aliphatic rings. The number of carbonyl (C=O) groups excluding carboxylic acids is 1. The minimum Gasteiger partial charge on any atom is -0.465 e. The van der Waals surface area contributed by atoms with Gasteiger partial charge >= 0.3 is 5.97 Å². The molecule has 1 atom stereocenters. The lowest BCUT2D eigenvalue weighted by molar-refractivity contribution is -0.176. The molecule has 1 aliphatic heterocycles. The molecular formula is C9H13NO3. The molecule has 0 fully saturated rings. The number of nitrogens with zero attached hydrogens (tertiary/aromatic N) is 1. The van der Waals surface area contributed by atoms with E-state index in [4.69, 9.17) is 0 Å². The number of allylic oxidation sites excluding steroid dienone is 2. The van der Waals surface area contributed by atoms with Gasteiger partial charge in [-0.05, 0) is 13.0 Å². The Balaban J connectivity index is 2.74. The van der Waals surface area contributed by atoms with Crippen LogP contribution in [-0.4, -0.2) is 35.4 Å². The van der Waals surface area contributed by atoms with E-state index < -0.39 is 11.7 Å². The van der Waals surface area contributed by atoms with Gasteiger partial charge in [-0.25, -0.2) is 4.79 Å². The highest BCUT2D eigenvalue weighted by Crippen LogP contribution is 2.15. The van der Waals surface area contributed by atoms with Crippen LogP contribution in [0.2, 0.25) is 0 Å². The fourth-order valence-corrected chi connectivity index (χ4v) is 1.10. The molecule has 0 aliphatic carbocycles. The Morgan fingerprint density at radius 1 is 1.62 bits per heavy atom. The molecule has 4 nitrogen and oxygen atoms in total. The van der Waals surface area contributed by atoms with Crippen molar-refractivity contribution < 1.29 is 14.6 Å². The topological polar surface area (TPSA) is 49.8 Å². The second-order valence-corrected chi connectivity index (χ2v) is 2.93. The molecule has 1 unspecified atom stereocenters. The van der Waals surface area contributed by atoms with E-state index in [0.29, 0.717) is 6.54 Å². The second kappa shape index (κ2) is 3.62. The molecule has 1 heterocycles. The number of hydrogen-bond acceptors (Lipinski definition) is 4. The molecule has 1 rings (SSSR count). The Labute approximate surface area is 77.1 Å². The number of hydrogen-bond donors (Lipinski definition) is 1. The van der Waals surface area contributed by atoms with Crippen LogP contribution in [0.15, 0.2) is 24.4 Å². The molecule has 0 saturated carbocycles. The summed E-state index contributed by atoms with van der Waals surface area (Å²) in [5.41, 5.74) is -1.59. The summed E-state index contributed by atoms with van der Waals surface area (Å²) in [6, 6.07) is 0. The van der Waals surface area contributed by atoms with Crippen molar-refractivity contribution in [3.63, 3.8) is 0 Å². The van der Waals surface area contributed by atoms with E-state index in [2.05, 4.69) is 4.74 Å². The summed E-state index contributed by atoms with van der Waals surface area (Å²) in [5.74, 6) is -0.660. The summed E-state index contributed by atoms with van der Waals surface area (Å²) >= 11 is 0. The summed E-state index contributed by atoms with van der Waals surface area (Å²) in [6.07, 6.45) is 7.10. The van der Waals surface area contributed by atoms with Gasteiger partial charge in [-0.1, -0.05) is 12.2 Å². The Hall–Kier alpha value is -1.29. The minimum atomic E-state index is -1.59. The third-order valence-electron chi connectivity index (χ3n) is 1.95. The van der Waals surface area contributed by atoms with Crippen molar-refractivity contribution >= 4 is 5.97 Å². The molecule has 4 heteroatoms. The number of methoxy groups -OCH3 is 1. The van der Waals surface area contributed by atoms with Gasteiger partial charge in [0, 0.05) is 12.7 Å². The molecule has 0 amide bonds. The normalized spacial score (nSPS) is 19.8. The Bertz CT molecular complexity index is 256. The fourth-order valence-electron chi connectivity index (χ4n) is 1.10. The van der Waals surface area contributed by atoms with Gasteiger partial charge in [-0.15, -0.1) is 0 Å². The summed E-state index contributed by atoms with van der Waals surface area (Å²) in [6.45, 7) is 1.90. The summed E-state index contributed by atoms with van der Waals surface area (Å²) in [5, 5.41) is 9.77. The van der Waals surface area contributed by atoms with E-state index in [0.717, 1.165) is 0 Å². The SMILES string of the molecule is COC(=O)C(C)(O)N1C=CC=CC1. The van der Waals surface area contributed by atoms with Gasteiger partial charge < -0.3 is 14.7 Å². The molecule has 0 aromatic heterocycles. The third-order valence-corrected chi connectivity index (χ3v) is 1.95. The van der Waals surface area contributed by atoms with Crippen LogP contribution in [0.5, 0.6) is 0 Å². The van der Waals surface area contributed by atoms with Crippen LogP contribution in [-0.2, 0) is 9.53 Å². The maximum absolute atomic E-state index is 11.2. The molecule has 1 N–H and O–H groups in total. The molecule has 0 aromatic carbocycles. The van der Waals surface area contributed by atoms with E-state index in [1.165, 1.54) is 18.9 Å². The van der Waals surface area contributed by atoms with Crippen molar-refractivity contribution in [2.45, 2.75) is 12.6 Å². The largest absolute Gasteiger partial charge is 0.465 e. The zero-order valence-electron chi connectivity index (χ0n) is 7.73. The Kier molecular flexibility index (Phi) is 2.72. The van der Waals surface area contributed by atoms with Crippen molar-refractivity contribution in [3.8, 4) is 0 Å². The quantitative estimate of drug-likeness (QED) is 0.624. The van der Waals surface area contributed by atoms with Gasteiger partial charge in [0.1, 0.15) is 0 Å². The molecule has 13 heavy (non-hydrogen) atoms.